The number of ether oxygens (including phenoxy) is 2. The van der Waals surface area contributed by atoms with Crippen molar-refractivity contribution >= 4 is 5.97 Å². The summed E-state index contributed by atoms with van der Waals surface area (Å²) in [5.41, 5.74) is 0. The van der Waals surface area contributed by atoms with Gasteiger partial charge in [-0.25, -0.2) is 0 Å². The zero-order chi connectivity index (χ0) is 10.5. The van der Waals surface area contributed by atoms with E-state index in [1.807, 2.05) is 0 Å². The zero-order valence-corrected chi connectivity index (χ0v) is 9.20. The molecule has 0 fully saturated rings. The number of quaternary nitrogens is 1. The van der Waals surface area contributed by atoms with Gasteiger partial charge in [-0.15, -0.1) is 0 Å². The van der Waals surface area contributed by atoms with Crippen molar-refractivity contribution in [2.75, 3.05) is 41.9 Å². The van der Waals surface area contributed by atoms with Crippen molar-refractivity contribution in [3.05, 3.63) is 0 Å². The van der Waals surface area contributed by atoms with E-state index in [9.17, 15) is 0 Å². The Kier molecular flexibility index (Phi) is 4.95. The fourth-order valence-corrected chi connectivity index (χ4v) is 1.11. The minimum atomic E-state index is -0.0000463. The van der Waals surface area contributed by atoms with Gasteiger partial charge in [-0.2, -0.15) is 0 Å². The summed E-state index contributed by atoms with van der Waals surface area (Å²) >= 11 is 0. The van der Waals surface area contributed by atoms with E-state index in [0.29, 0.717) is 6.42 Å². The maximum Gasteiger partial charge on any atom is 0.485 e. The number of esters is 1. The Morgan fingerprint density at radius 3 is 2.15 bits per heavy atom. The van der Waals surface area contributed by atoms with Crippen molar-refractivity contribution in [2.24, 2.45) is 0 Å². The summed E-state index contributed by atoms with van der Waals surface area (Å²) in [6, 6.07) is 0. The summed E-state index contributed by atoms with van der Waals surface area (Å²) in [5.74, 6) is 0.0281. The van der Waals surface area contributed by atoms with Gasteiger partial charge in [0, 0.05) is 7.11 Å². The van der Waals surface area contributed by atoms with Crippen molar-refractivity contribution in [3.8, 4) is 0 Å². The van der Waals surface area contributed by atoms with E-state index >= 15 is 0 Å². The molecule has 0 aliphatic heterocycles. The van der Waals surface area contributed by atoms with E-state index < -0.39 is 0 Å². The van der Waals surface area contributed by atoms with Crippen LogP contribution in [-0.4, -0.2) is 63.3 Å². The lowest BCUT2D eigenvalue weighted by atomic mass is 10.2. The van der Waals surface area contributed by atoms with Gasteiger partial charge in [-0.3, -0.25) is 0 Å². The molecular formula is C9H21NO3+2. The van der Waals surface area contributed by atoms with Crippen LogP contribution < -0.4 is 0 Å². The number of hydrogen-bond acceptors (Lipinski definition) is 2. The van der Waals surface area contributed by atoms with Gasteiger partial charge in [0.1, 0.15) is 19.1 Å². The number of carbonyl (C=O) groups excluding carboxylic acids is 1. The smallest absolute Gasteiger partial charge is 0.375 e. The quantitative estimate of drug-likeness (QED) is 0.355. The number of likely N-dealkylation sites (N-methyl/N-ethyl adjacent to an activating group) is 1. The monoisotopic (exact) mass is 191 g/mol. The van der Waals surface area contributed by atoms with Crippen molar-refractivity contribution < 1.29 is 18.8 Å². The van der Waals surface area contributed by atoms with E-state index in [4.69, 9.17) is 9.53 Å². The highest BCUT2D eigenvalue weighted by Crippen LogP contribution is 2.03. The highest BCUT2D eigenvalue weighted by molar-refractivity contribution is 5.70. The number of methoxy groups -OCH3 is 2. The summed E-state index contributed by atoms with van der Waals surface area (Å²) in [6.07, 6.45) is 0.433. The van der Waals surface area contributed by atoms with Gasteiger partial charge in [0.15, 0.2) is 7.11 Å². The maximum atomic E-state index is 9.16. The van der Waals surface area contributed by atoms with E-state index in [0.717, 1.165) is 11.0 Å². The van der Waals surface area contributed by atoms with Crippen LogP contribution in [0, 0.1) is 0 Å². The average Bonchev–Trinajstić information content (AvgIpc) is 2.00. The fraction of sp³-hybridized carbons (Fsp3) is 0.889. The first-order chi connectivity index (χ1) is 5.89. The van der Waals surface area contributed by atoms with Gasteiger partial charge in [0.05, 0.1) is 21.1 Å². The van der Waals surface area contributed by atoms with Crippen LogP contribution in [0.25, 0.3) is 0 Å². The Morgan fingerprint density at radius 1 is 1.31 bits per heavy atom. The summed E-state index contributed by atoms with van der Waals surface area (Å²) < 4.78 is 10.7. The minimum Gasteiger partial charge on any atom is -0.375 e. The first-order valence-electron chi connectivity index (χ1n) is 4.31. The first kappa shape index (κ1) is 12.4. The molecule has 1 unspecified atom stereocenters. The van der Waals surface area contributed by atoms with Gasteiger partial charge in [0.2, 0.25) is 0 Å². The molecule has 0 rings (SSSR count). The van der Waals surface area contributed by atoms with Crippen molar-refractivity contribution in [1.82, 2.24) is 0 Å². The van der Waals surface area contributed by atoms with E-state index in [1.54, 1.807) is 7.11 Å². The molecule has 0 radical (unpaired) electrons. The molecule has 0 spiro atoms. The lowest BCUT2D eigenvalue weighted by Crippen LogP contribution is -2.42. The fourth-order valence-electron chi connectivity index (χ4n) is 1.11. The van der Waals surface area contributed by atoms with Crippen LogP contribution in [0.1, 0.15) is 6.42 Å². The molecule has 0 aliphatic carbocycles. The molecule has 0 aromatic carbocycles. The van der Waals surface area contributed by atoms with Crippen LogP contribution in [-0.2, 0) is 9.47 Å². The Morgan fingerprint density at radius 2 is 1.85 bits per heavy atom. The second kappa shape index (κ2) is 5.19. The molecule has 0 amide bonds. The predicted octanol–water partition coefficient (Wildman–Crippen LogP) is 0.246. The molecule has 0 bridgehead atoms. The SMILES string of the molecule is COC(=[OH+])CC(C[N+](C)(C)C)OC. The topological polar surface area (TPSA) is 39.9 Å². The summed E-state index contributed by atoms with van der Waals surface area (Å²) in [5, 5.41) is 0. The molecule has 0 aromatic heterocycles. The van der Waals surface area contributed by atoms with Crippen LogP contribution in [0.3, 0.4) is 0 Å². The van der Waals surface area contributed by atoms with Crippen molar-refractivity contribution in [3.63, 3.8) is 0 Å². The van der Waals surface area contributed by atoms with Crippen LogP contribution in [0.5, 0.6) is 0 Å². The van der Waals surface area contributed by atoms with Crippen LogP contribution in [0.4, 0.5) is 0 Å². The molecule has 13 heavy (non-hydrogen) atoms. The van der Waals surface area contributed by atoms with Crippen molar-refractivity contribution in [1.29, 1.82) is 0 Å². The Hall–Kier alpha value is -0.610. The Bertz CT molecular complexity index is 163. The normalized spacial score (nSPS) is 13.9. The molecule has 1 atom stereocenters. The third kappa shape index (κ3) is 6.54. The molecule has 0 aliphatic rings. The van der Waals surface area contributed by atoms with E-state index in [1.165, 1.54) is 7.11 Å². The van der Waals surface area contributed by atoms with Gasteiger partial charge < -0.3 is 18.8 Å². The molecule has 4 heteroatoms. The van der Waals surface area contributed by atoms with Gasteiger partial charge in [-0.1, -0.05) is 0 Å². The number of nitrogens with zero attached hydrogens (tertiary/aromatic N) is 1. The van der Waals surface area contributed by atoms with Crippen LogP contribution >= 0.6 is 0 Å². The third-order valence-electron chi connectivity index (χ3n) is 1.72. The lowest BCUT2D eigenvalue weighted by molar-refractivity contribution is -0.873. The van der Waals surface area contributed by atoms with Crippen LogP contribution in [0.15, 0.2) is 0 Å². The van der Waals surface area contributed by atoms with Gasteiger partial charge in [-0.05, 0) is 0 Å². The second-order valence-electron chi connectivity index (χ2n) is 4.13. The molecule has 0 heterocycles. The summed E-state index contributed by atoms with van der Waals surface area (Å²) in [6.45, 7) is 0.837. The lowest BCUT2D eigenvalue weighted by Gasteiger charge is -2.27. The molecular weight excluding hydrogens is 170 g/mol. The molecule has 0 saturated heterocycles. The largest absolute Gasteiger partial charge is 0.485 e. The highest BCUT2D eigenvalue weighted by atomic mass is 16.5. The van der Waals surface area contributed by atoms with Gasteiger partial charge >= 0.3 is 5.97 Å². The maximum absolute atomic E-state index is 9.16. The third-order valence-corrected chi connectivity index (χ3v) is 1.72. The molecule has 1 N–H and O–H groups in total. The Labute approximate surface area is 80.0 Å². The molecule has 4 nitrogen and oxygen atoms in total. The zero-order valence-electron chi connectivity index (χ0n) is 9.20. The summed E-state index contributed by atoms with van der Waals surface area (Å²) in [7, 11) is 9.33. The van der Waals surface area contributed by atoms with Crippen LogP contribution in [0.2, 0.25) is 0 Å². The predicted molar refractivity (Wildman–Crippen MR) is 52.3 cm³/mol. The number of rotatable bonds is 5. The van der Waals surface area contributed by atoms with E-state index in [2.05, 4.69) is 25.9 Å². The Balaban J connectivity index is 3.97. The van der Waals surface area contributed by atoms with E-state index in [-0.39, 0.29) is 12.1 Å². The van der Waals surface area contributed by atoms with Gasteiger partial charge in [0.25, 0.3) is 0 Å². The molecule has 78 valence electrons. The minimum absolute atomic E-state index is 0.0000463. The standard InChI is InChI=1S/C9H20NO3/c1-10(2,3)7-8(12-4)6-9(11)13-5/h8H,6-7H2,1-5H3/q+1/p+1. The molecule has 0 aromatic rings. The second-order valence-corrected chi connectivity index (χ2v) is 4.13. The first-order valence-corrected chi connectivity index (χ1v) is 4.31. The molecule has 0 saturated carbocycles. The summed E-state index contributed by atoms with van der Waals surface area (Å²) in [4.78, 5) is 9.16. The van der Waals surface area contributed by atoms with Crippen molar-refractivity contribution in [2.45, 2.75) is 12.5 Å². The average molecular weight is 191 g/mol. The number of hydrogen-bond donors (Lipinski definition) is 0. The highest BCUT2D eigenvalue weighted by Gasteiger charge is 2.24.